The highest BCUT2D eigenvalue weighted by atomic mass is 19.4. The van der Waals surface area contributed by atoms with Crippen LogP contribution < -0.4 is 0 Å². The number of cyclic esters (lactones) is 1. The second-order valence-electron chi connectivity index (χ2n) is 4.15. The molecular formula is C12H11F3N2O2. The third kappa shape index (κ3) is 3.24. The van der Waals surface area contributed by atoms with Gasteiger partial charge in [0, 0.05) is 25.9 Å². The number of aromatic nitrogens is 1. The van der Waals surface area contributed by atoms with E-state index < -0.39 is 17.8 Å². The van der Waals surface area contributed by atoms with Crippen LogP contribution in [0.2, 0.25) is 0 Å². The molecule has 0 saturated carbocycles. The number of nitrogens with zero attached hydrogens (tertiary/aromatic N) is 2. The summed E-state index contributed by atoms with van der Waals surface area (Å²) in [5.74, 6) is -0.410. The van der Waals surface area contributed by atoms with Crippen molar-refractivity contribution >= 4 is 5.97 Å². The molecule has 0 bridgehead atoms. The smallest absolute Gasteiger partial charge is 0.433 e. The van der Waals surface area contributed by atoms with Crippen LogP contribution in [0.25, 0.3) is 0 Å². The van der Waals surface area contributed by atoms with Gasteiger partial charge >= 0.3 is 12.1 Å². The minimum absolute atomic E-state index is 0.184. The SMILES string of the molecule is CN(Cc1ccc(C(F)(F)F)nc1)C1=CC(=O)OC1. The molecule has 1 aliphatic heterocycles. The van der Waals surface area contributed by atoms with Gasteiger partial charge in [-0.3, -0.25) is 4.98 Å². The molecule has 7 heteroatoms. The summed E-state index contributed by atoms with van der Waals surface area (Å²) in [6, 6.07) is 2.30. The first kappa shape index (κ1) is 13.4. The van der Waals surface area contributed by atoms with E-state index in [9.17, 15) is 18.0 Å². The predicted molar refractivity (Wildman–Crippen MR) is 59.7 cm³/mol. The fourth-order valence-electron chi connectivity index (χ4n) is 1.65. The second kappa shape index (κ2) is 4.91. The molecule has 0 saturated heterocycles. The number of ether oxygens (including phenoxy) is 1. The molecule has 4 nitrogen and oxygen atoms in total. The van der Waals surface area contributed by atoms with E-state index in [4.69, 9.17) is 4.74 Å². The zero-order valence-electron chi connectivity index (χ0n) is 10.1. The van der Waals surface area contributed by atoms with E-state index in [1.807, 2.05) is 0 Å². The molecule has 1 aliphatic rings. The van der Waals surface area contributed by atoms with Gasteiger partial charge in [-0.25, -0.2) is 4.79 Å². The van der Waals surface area contributed by atoms with Gasteiger partial charge in [-0.2, -0.15) is 13.2 Å². The van der Waals surface area contributed by atoms with Crippen molar-refractivity contribution in [1.82, 2.24) is 9.88 Å². The van der Waals surface area contributed by atoms with Gasteiger partial charge in [0.1, 0.15) is 12.3 Å². The molecule has 0 unspecified atom stereocenters. The number of rotatable bonds is 3. The van der Waals surface area contributed by atoms with Gasteiger partial charge < -0.3 is 9.64 Å². The van der Waals surface area contributed by atoms with Crippen molar-refractivity contribution in [1.29, 1.82) is 0 Å². The molecule has 102 valence electrons. The highest BCUT2D eigenvalue weighted by Crippen LogP contribution is 2.27. The standard InChI is InChI=1S/C12H11F3N2O2/c1-17(9-4-11(18)19-7-9)6-8-2-3-10(16-5-8)12(13,14)15/h2-5H,6-7H2,1H3. The summed E-state index contributed by atoms with van der Waals surface area (Å²) in [6.45, 7) is 0.539. The van der Waals surface area contributed by atoms with Crippen molar-refractivity contribution in [2.45, 2.75) is 12.7 Å². The molecule has 2 heterocycles. The third-order valence-corrected chi connectivity index (χ3v) is 2.67. The average molecular weight is 272 g/mol. The van der Waals surface area contributed by atoms with Crippen LogP contribution in [0.5, 0.6) is 0 Å². The van der Waals surface area contributed by atoms with Gasteiger partial charge in [-0.1, -0.05) is 6.07 Å². The van der Waals surface area contributed by atoms with Crippen molar-refractivity contribution in [2.24, 2.45) is 0 Å². The summed E-state index contributed by atoms with van der Waals surface area (Å²) >= 11 is 0. The third-order valence-electron chi connectivity index (χ3n) is 2.67. The van der Waals surface area contributed by atoms with Crippen LogP contribution in [0, 0.1) is 0 Å². The number of halogens is 3. The molecule has 0 radical (unpaired) electrons. The Bertz CT molecular complexity index is 509. The van der Waals surface area contributed by atoms with E-state index in [1.54, 1.807) is 11.9 Å². The van der Waals surface area contributed by atoms with Crippen LogP contribution in [-0.2, 0) is 22.3 Å². The summed E-state index contributed by atoms with van der Waals surface area (Å²) in [7, 11) is 1.73. The first-order valence-electron chi connectivity index (χ1n) is 5.47. The number of pyridine rings is 1. The second-order valence-corrected chi connectivity index (χ2v) is 4.15. The van der Waals surface area contributed by atoms with E-state index in [1.165, 1.54) is 18.3 Å². The molecular weight excluding hydrogens is 261 g/mol. The van der Waals surface area contributed by atoms with Crippen molar-refractivity contribution in [3.8, 4) is 0 Å². The zero-order valence-corrected chi connectivity index (χ0v) is 10.1. The molecule has 2 rings (SSSR count). The Hall–Kier alpha value is -2.05. The number of carbonyl (C=O) groups is 1. The van der Waals surface area contributed by atoms with Crippen molar-refractivity contribution < 1.29 is 22.7 Å². The van der Waals surface area contributed by atoms with Crippen LogP contribution in [0.1, 0.15) is 11.3 Å². The van der Waals surface area contributed by atoms with Gasteiger partial charge in [0.25, 0.3) is 0 Å². The Morgan fingerprint density at radius 3 is 2.63 bits per heavy atom. The first-order chi connectivity index (χ1) is 8.86. The molecule has 0 fully saturated rings. The molecule has 1 aromatic rings. The van der Waals surface area contributed by atoms with Crippen LogP contribution in [0.4, 0.5) is 13.2 Å². The summed E-state index contributed by atoms with van der Waals surface area (Å²) < 4.78 is 41.8. The zero-order chi connectivity index (χ0) is 14.0. The average Bonchev–Trinajstić information content (AvgIpc) is 2.75. The fraction of sp³-hybridized carbons (Fsp3) is 0.333. The topological polar surface area (TPSA) is 42.4 Å². The Balaban J connectivity index is 2.04. The highest BCUT2D eigenvalue weighted by molar-refractivity contribution is 5.85. The molecule has 1 aromatic heterocycles. The first-order valence-corrected chi connectivity index (χ1v) is 5.47. The molecule has 0 aromatic carbocycles. The molecule has 0 amide bonds. The summed E-state index contributed by atoms with van der Waals surface area (Å²) in [5, 5.41) is 0. The normalized spacial score (nSPS) is 15.2. The van der Waals surface area contributed by atoms with Crippen LogP contribution in [0.15, 0.2) is 30.1 Å². The maximum Gasteiger partial charge on any atom is 0.433 e. The van der Waals surface area contributed by atoms with E-state index in [-0.39, 0.29) is 6.61 Å². The summed E-state index contributed by atoms with van der Waals surface area (Å²) in [6.07, 6.45) is -1.90. The number of carbonyl (C=O) groups excluding carboxylic acids is 1. The van der Waals surface area contributed by atoms with E-state index in [0.29, 0.717) is 17.8 Å². The Morgan fingerprint density at radius 2 is 2.16 bits per heavy atom. The number of hydrogen-bond donors (Lipinski definition) is 0. The van der Waals surface area contributed by atoms with Gasteiger partial charge in [-0.05, 0) is 11.6 Å². The van der Waals surface area contributed by atoms with E-state index >= 15 is 0 Å². The maximum absolute atomic E-state index is 12.3. The van der Waals surface area contributed by atoms with E-state index in [0.717, 1.165) is 6.07 Å². The molecule has 0 atom stereocenters. The fourth-order valence-corrected chi connectivity index (χ4v) is 1.65. The maximum atomic E-state index is 12.3. The van der Waals surface area contributed by atoms with Crippen LogP contribution >= 0.6 is 0 Å². The van der Waals surface area contributed by atoms with Gasteiger partial charge in [-0.15, -0.1) is 0 Å². The lowest BCUT2D eigenvalue weighted by molar-refractivity contribution is -0.141. The molecule has 0 aliphatic carbocycles. The Morgan fingerprint density at radius 1 is 1.42 bits per heavy atom. The lowest BCUT2D eigenvalue weighted by Gasteiger charge is -2.19. The van der Waals surface area contributed by atoms with Gasteiger partial charge in [0.05, 0.1) is 5.70 Å². The lowest BCUT2D eigenvalue weighted by atomic mass is 10.2. The highest BCUT2D eigenvalue weighted by Gasteiger charge is 2.32. The van der Waals surface area contributed by atoms with Crippen molar-refractivity contribution in [3.63, 3.8) is 0 Å². The van der Waals surface area contributed by atoms with Crippen LogP contribution in [-0.4, -0.2) is 29.5 Å². The molecule has 0 spiro atoms. The van der Waals surface area contributed by atoms with E-state index in [2.05, 4.69) is 4.98 Å². The summed E-state index contributed by atoms with van der Waals surface area (Å²) in [4.78, 5) is 16.0. The lowest BCUT2D eigenvalue weighted by Crippen LogP contribution is -2.18. The number of hydrogen-bond acceptors (Lipinski definition) is 4. The van der Waals surface area contributed by atoms with Gasteiger partial charge in [0.2, 0.25) is 0 Å². The van der Waals surface area contributed by atoms with Gasteiger partial charge in [0.15, 0.2) is 0 Å². The minimum Gasteiger partial charge on any atom is -0.456 e. The van der Waals surface area contributed by atoms with Crippen LogP contribution in [0.3, 0.4) is 0 Å². The Kier molecular flexibility index (Phi) is 3.46. The number of likely N-dealkylation sites (N-methyl/N-ethyl adjacent to an activating group) is 1. The quantitative estimate of drug-likeness (QED) is 0.789. The summed E-state index contributed by atoms with van der Waals surface area (Å²) in [5.41, 5.74) is 0.387. The van der Waals surface area contributed by atoms with Crippen molar-refractivity contribution in [3.05, 3.63) is 41.4 Å². The van der Waals surface area contributed by atoms with Crippen molar-refractivity contribution in [2.75, 3.05) is 13.7 Å². The largest absolute Gasteiger partial charge is 0.456 e. The number of alkyl halides is 3. The predicted octanol–water partition coefficient (Wildman–Crippen LogP) is 1.97. The molecule has 19 heavy (non-hydrogen) atoms. The monoisotopic (exact) mass is 272 g/mol. The minimum atomic E-state index is -4.43. The Labute approximate surface area is 107 Å². The number of esters is 1. The molecule has 0 N–H and O–H groups in total.